The molecule has 1 unspecified atom stereocenters. The number of nitrogens with one attached hydrogen (secondary N) is 1. The molecule has 1 atom stereocenters. The molecule has 0 aromatic rings. The Balaban J connectivity index is 4.10. The molecule has 0 saturated carbocycles. The molecule has 0 aliphatic heterocycles. The summed E-state index contributed by atoms with van der Waals surface area (Å²) >= 11 is 0. The Morgan fingerprint density at radius 1 is 0.410 bits per heavy atom. The zero-order chi connectivity index (χ0) is 44.2. The van der Waals surface area contributed by atoms with Crippen LogP contribution >= 0.6 is 0 Å². The van der Waals surface area contributed by atoms with Crippen LogP contribution in [-0.4, -0.2) is 61.4 Å². The van der Waals surface area contributed by atoms with E-state index in [-0.39, 0.29) is 12.1 Å². The van der Waals surface area contributed by atoms with Gasteiger partial charge in [0.25, 0.3) is 0 Å². The van der Waals surface area contributed by atoms with Gasteiger partial charge in [-0.15, -0.1) is 0 Å². The number of hydrogen-bond donors (Lipinski definition) is 2. The van der Waals surface area contributed by atoms with Crippen LogP contribution in [0.25, 0.3) is 0 Å². The van der Waals surface area contributed by atoms with E-state index in [0.29, 0.717) is 13.0 Å². The van der Waals surface area contributed by atoms with Gasteiger partial charge in [-0.1, -0.05) is 258 Å². The van der Waals surface area contributed by atoms with Crippen molar-refractivity contribution in [3.63, 3.8) is 0 Å². The number of aliphatic hydroxyl groups excluding tert-OH is 1. The number of hydrogen-bond acceptors (Lipinski definition) is 5. The summed E-state index contributed by atoms with van der Waals surface area (Å²) in [5.74, 6) is -0.0351. The van der Waals surface area contributed by atoms with Crippen molar-refractivity contribution >= 4 is 5.97 Å². The highest BCUT2D eigenvalue weighted by Crippen LogP contribution is 2.16. The normalized spacial score (nSPS) is 12.2. The van der Waals surface area contributed by atoms with Crippen molar-refractivity contribution in [2.75, 3.05) is 39.3 Å². The van der Waals surface area contributed by atoms with Gasteiger partial charge in [-0.3, -0.25) is 4.79 Å². The molecule has 0 aromatic carbocycles. The number of rotatable bonds is 54. The highest BCUT2D eigenvalue weighted by atomic mass is 16.5. The summed E-state index contributed by atoms with van der Waals surface area (Å²) in [6.45, 7) is 12.8. The molecule has 0 aromatic heterocycles. The summed E-state index contributed by atoms with van der Waals surface area (Å²) in [4.78, 5) is 14.8. The van der Waals surface area contributed by atoms with Gasteiger partial charge in [-0.05, 0) is 71.1 Å². The molecule has 2 N–H and O–H groups in total. The minimum absolute atomic E-state index is 0.0351. The van der Waals surface area contributed by atoms with Crippen LogP contribution in [0, 0.1) is 0 Å². The number of carbonyl (C=O) groups excluding carboxylic acids is 1. The van der Waals surface area contributed by atoms with E-state index in [1.807, 2.05) is 0 Å². The zero-order valence-corrected chi connectivity index (χ0v) is 42.4. The van der Waals surface area contributed by atoms with Gasteiger partial charge in [0.15, 0.2) is 0 Å². The minimum Gasteiger partial charge on any atom is -0.466 e. The first-order chi connectivity index (χ1) is 30.1. The van der Waals surface area contributed by atoms with Crippen molar-refractivity contribution in [2.45, 2.75) is 316 Å². The van der Waals surface area contributed by atoms with Gasteiger partial charge in [0.1, 0.15) is 0 Å². The molecule has 0 fully saturated rings. The predicted molar refractivity (Wildman–Crippen MR) is 271 cm³/mol. The second-order valence-corrected chi connectivity index (χ2v) is 19.6. The molecule has 0 amide bonds. The van der Waals surface area contributed by atoms with E-state index < -0.39 is 0 Å². The first-order valence-electron chi connectivity index (χ1n) is 28.4. The first-order valence-corrected chi connectivity index (χ1v) is 28.4. The van der Waals surface area contributed by atoms with Crippen molar-refractivity contribution in [3.05, 3.63) is 0 Å². The second-order valence-electron chi connectivity index (χ2n) is 19.6. The van der Waals surface area contributed by atoms with Gasteiger partial charge in [0, 0.05) is 13.0 Å². The van der Waals surface area contributed by atoms with Crippen LogP contribution in [0.1, 0.15) is 310 Å². The van der Waals surface area contributed by atoms with E-state index in [0.717, 1.165) is 64.8 Å². The Morgan fingerprint density at radius 2 is 0.721 bits per heavy atom. The van der Waals surface area contributed by atoms with E-state index in [1.54, 1.807) is 0 Å². The Labute approximate surface area is 384 Å². The van der Waals surface area contributed by atoms with Crippen molar-refractivity contribution < 1.29 is 14.6 Å². The van der Waals surface area contributed by atoms with Gasteiger partial charge in [0.2, 0.25) is 0 Å². The fourth-order valence-electron chi connectivity index (χ4n) is 9.04. The van der Waals surface area contributed by atoms with Crippen molar-refractivity contribution in [2.24, 2.45) is 0 Å². The molecule has 0 heterocycles. The van der Waals surface area contributed by atoms with E-state index in [4.69, 9.17) is 4.74 Å². The highest BCUT2D eigenvalue weighted by Gasteiger charge is 2.12. The molecular weight excluding hydrogens is 749 g/mol. The van der Waals surface area contributed by atoms with Crippen molar-refractivity contribution in [1.29, 1.82) is 0 Å². The largest absolute Gasteiger partial charge is 0.466 e. The summed E-state index contributed by atoms with van der Waals surface area (Å²) in [6, 6.07) is 0. The molecule has 0 aliphatic carbocycles. The van der Waals surface area contributed by atoms with E-state index in [2.05, 4.69) is 31.0 Å². The van der Waals surface area contributed by atoms with Gasteiger partial charge < -0.3 is 20.1 Å². The average Bonchev–Trinajstić information content (AvgIpc) is 3.26. The molecule has 0 saturated heterocycles. The van der Waals surface area contributed by atoms with Gasteiger partial charge in [-0.25, -0.2) is 0 Å². The van der Waals surface area contributed by atoms with Crippen LogP contribution in [0.15, 0.2) is 0 Å². The predicted octanol–water partition coefficient (Wildman–Crippen LogP) is 17.4. The second kappa shape index (κ2) is 53.7. The third-order valence-corrected chi connectivity index (χ3v) is 13.3. The molecular formula is C56H114N2O3. The molecule has 5 heteroatoms. The number of carbonyl (C=O) groups is 1. The maximum absolute atomic E-state index is 12.3. The summed E-state index contributed by atoms with van der Waals surface area (Å²) in [5, 5.41) is 14.7. The van der Waals surface area contributed by atoms with E-state index >= 15 is 0 Å². The van der Waals surface area contributed by atoms with E-state index in [1.165, 1.54) is 250 Å². The van der Waals surface area contributed by atoms with Gasteiger partial charge in [-0.2, -0.15) is 0 Å². The third kappa shape index (κ3) is 51.9. The molecule has 61 heavy (non-hydrogen) atoms. The van der Waals surface area contributed by atoms with E-state index in [9.17, 15) is 9.90 Å². The Kier molecular flexibility index (Phi) is 53.1. The molecule has 0 spiro atoms. The molecule has 5 nitrogen and oxygen atoms in total. The maximum atomic E-state index is 12.3. The number of nitrogens with zero attached hydrogens (tertiary/aromatic N) is 1. The zero-order valence-electron chi connectivity index (χ0n) is 42.4. The standard InChI is InChI=1S/C56H114N2O3/c1-4-7-10-13-16-19-22-25-28-31-34-37-44-51-58(52-45-43-50-57-49-42-36-33-30-27-24-21-18-15-12-9-6-3)54-55(59)47-40-39-41-48-56(60)61-53-46-38-35-32-29-26-23-20-17-14-11-8-5-2/h55,57,59H,4-54H2,1-3H3. The van der Waals surface area contributed by atoms with Gasteiger partial charge >= 0.3 is 5.97 Å². The fourth-order valence-corrected chi connectivity index (χ4v) is 9.04. The lowest BCUT2D eigenvalue weighted by molar-refractivity contribution is -0.143. The lowest BCUT2D eigenvalue weighted by atomic mass is 10.0. The first kappa shape index (κ1) is 60.4. The quantitative estimate of drug-likeness (QED) is 0.0471. The van der Waals surface area contributed by atoms with Crippen LogP contribution in [-0.2, 0) is 9.53 Å². The number of ether oxygens (including phenoxy) is 1. The SMILES string of the molecule is CCCCCCCCCCCCCCCOC(=O)CCCCCC(O)CN(CCCCCCCCCCCCCCC)CCCCNCCCCCCCCCCCCCC. The fraction of sp³-hybridized carbons (Fsp3) is 0.982. The molecule has 0 aliphatic rings. The molecule has 366 valence electrons. The number of unbranched alkanes of at least 4 members (excludes halogenated alkanes) is 38. The summed E-state index contributed by atoms with van der Waals surface area (Å²) in [5.41, 5.74) is 0. The van der Waals surface area contributed by atoms with Crippen molar-refractivity contribution in [3.8, 4) is 0 Å². The molecule has 0 rings (SSSR count). The van der Waals surface area contributed by atoms with Crippen LogP contribution in [0.5, 0.6) is 0 Å². The number of esters is 1. The maximum Gasteiger partial charge on any atom is 0.305 e. The molecule has 0 radical (unpaired) electrons. The van der Waals surface area contributed by atoms with Gasteiger partial charge in [0.05, 0.1) is 12.7 Å². The summed E-state index contributed by atoms with van der Waals surface area (Å²) in [7, 11) is 0. The lowest BCUT2D eigenvalue weighted by Gasteiger charge is -2.25. The Hall–Kier alpha value is -0.650. The summed E-state index contributed by atoms with van der Waals surface area (Å²) < 4.78 is 5.53. The smallest absolute Gasteiger partial charge is 0.305 e. The highest BCUT2D eigenvalue weighted by molar-refractivity contribution is 5.69. The molecule has 0 bridgehead atoms. The Morgan fingerprint density at radius 3 is 1.13 bits per heavy atom. The Bertz CT molecular complexity index is 809. The minimum atomic E-state index is -0.270. The topological polar surface area (TPSA) is 61.8 Å². The summed E-state index contributed by atoms with van der Waals surface area (Å²) in [6.07, 6.45) is 58.7. The van der Waals surface area contributed by atoms with Crippen molar-refractivity contribution in [1.82, 2.24) is 10.2 Å². The lowest BCUT2D eigenvalue weighted by Crippen LogP contribution is -2.34. The third-order valence-electron chi connectivity index (χ3n) is 13.3. The monoisotopic (exact) mass is 863 g/mol. The average molecular weight is 864 g/mol. The van der Waals surface area contributed by atoms with Crippen LogP contribution in [0.2, 0.25) is 0 Å². The van der Waals surface area contributed by atoms with Crippen LogP contribution < -0.4 is 5.32 Å². The van der Waals surface area contributed by atoms with Crippen LogP contribution in [0.3, 0.4) is 0 Å². The van der Waals surface area contributed by atoms with Crippen LogP contribution in [0.4, 0.5) is 0 Å². The number of aliphatic hydroxyl groups is 1.